The van der Waals surface area contributed by atoms with Crippen LogP contribution in [0.15, 0.2) is 30.3 Å². The maximum Gasteiger partial charge on any atom is 0.272 e. The van der Waals surface area contributed by atoms with Crippen molar-refractivity contribution in [2.24, 2.45) is 0 Å². The van der Waals surface area contributed by atoms with E-state index in [0.29, 0.717) is 24.3 Å². The van der Waals surface area contributed by atoms with E-state index in [1.807, 2.05) is 17.0 Å². The van der Waals surface area contributed by atoms with Gasteiger partial charge in [0.1, 0.15) is 6.10 Å². The molecule has 1 radical (unpaired) electrons. The molecular formula is C20H14F5N2O2. The Balaban J connectivity index is 1.53. The molecule has 0 spiro atoms. The minimum absolute atomic E-state index is 0.268. The van der Waals surface area contributed by atoms with Gasteiger partial charge in [0.25, 0.3) is 5.88 Å². The average Bonchev–Trinajstić information content (AvgIpc) is 2.74. The number of hydrogen-bond donors (Lipinski definition) is 0. The predicted octanol–water partition coefficient (Wildman–Crippen LogP) is 5.12. The van der Waals surface area contributed by atoms with Crippen LogP contribution < -0.4 is 9.64 Å². The number of benzene rings is 2. The number of para-hydroxylation sites is 1. The van der Waals surface area contributed by atoms with E-state index in [2.05, 4.69) is 4.98 Å². The molecule has 0 aliphatic carbocycles. The fourth-order valence-corrected chi connectivity index (χ4v) is 3.46. The first kappa shape index (κ1) is 19.2. The summed E-state index contributed by atoms with van der Waals surface area (Å²) in [5, 5.41) is 12.7. The minimum Gasteiger partial charge on any atom is -0.484 e. The summed E-state index contributed by atoms with van der Waals surface area (Å²) < 4.78 is 72.6. The molecule has 1 saturated heterocycles. The predicted molar refractivity (Wildman–Crippen MR) is 94.0 cm³/mol. The van der Waals surface area contributed by atoms with Crippen molar-refractivity contribution in [3.63, 3.8) is 0 Å². The van der Waals surface area contributed by atoms with E-state index in [9.17, 15) is 27.1 Å². The third-order valence-corrected chi connectivity index (χ3v) is 4.91. The fraction of sp³-hybridized carbons (Fsp3) is 0.250. The highest BCUT2D eigenvalue weighted by atomic mass is 19.2. The molecule has 0 bridgehead atoms. The zero-order valence-electron chi connectivity index (χ0n) is 14.9. The molecule has 0 unspecified atom stereocenters. The molecule has 151 valence electrons. The number of hydrogen-bond acceptors (Lipinski definition) is 3. The van der Waals surface area contributed by atoms with Crippen molar-refractivity contribution in [3.8, 4) is 11.6 Å². The normalized spacial score (nSPS) is 15.1. The van der Waals surface area contributed by atoms with Crippen molar-refractivity contribution >= 4 is 16.6 Å². The maximum absolute atomic E-state index is 13.8. The Hall–Kier alpha value is -3.10. The highest BCUT2D eigenvalue weighted by Gasteiger charge is 2.30. The lowest BCUT2D eigenvalue weighted by Crippen LogP contribution is -2.38. The zero-order chi connectivity index (χ0) is 20.7. The summed E-state index contributed by atoms with van der Waals surface area (Å²) in [6.07, 6.45) is -0.200. The molecule has 0 N–H and O–H groups in total. The molecule has 0 amide bonds. The number of piperidine rings is 1. The average molecular weight is 409 g/mol. The van der Waals surface area contributed by atoms with Gasteiger partial charge in [-0.25, -0.2) is 18.2 Å². The zero-order valence-corrected chi connectivity index (χ0v) is 14.9. The Morgan fingerprint density at radius 2 is 1.48 bits per heavy atom. The highest BCUT2D eigenvalue weighted by Crippen LogP contribution is 2.34. The second kappa shape index (κ2) is 7.38. The van der Waals surface area contributed by atoms with Crippen molar-refractivity contribution < 1.29 is 31.8 Å². The van der Waals surface area contributed by atoms with Crippen molar-refractivity contribution in [2.75, 3.05) is 18.0 Å². The van der Waals surface area contributed by atoms with Crippen LogP contribution >= 0.6 is 0 Å². The number of rotatable bonds is 3. The molecule has 29 heavy (non-hydrogen) atoms. The Morgan fingerprint density at radius 1 is 0.897 bits per heavy atom. The molecule has 4 rings (SSSR count). The number of anilines is 1. The summed E-state index contributed by atoms with van der Waals surface area (Å²) in [4.78, 5) is 5.86. The molecule has 3 aromatic rings. The van der Waals surface area contributed by atoms with Crippen LogP contribution in [0.5, 0.6) is 11.6 Å². The number of nitrogens with zero attached hydrogens (tertiary/aromatic N) is 2. The molecule has 1 aliphatic rings. The van der Waals surface area contributed by atoms with Gasteiger partial charge >= 0.3 is 0 Å². The Labute approximate surface area is 162 Å². The Bertz CT molecular complexity index is 1060. The van der Waals surface area contributed by atoms with E-state index in [1.165, 1.54) is 6.07 Å². The largest absolute Gasteiger partial charge is 0.484 e. The van der Waals surface area contributed by atoms with Crippen LogP contribution in [-0.4, -0.2) is 24.2 Å². The third kappa shape index (κ3) is 3.41. The summed E-state index contributed by atoms with van der Waals surface area (Å²) >= 11 is 0. The number of halogens is 5. The lowest BCUT2D eigenvalue weighted by molar-refractivity contribution is 0.150. The minimum atomic E-state index is -2.22. The first-order valence-corrected chi connectivity index (χ1v) is 8.86. The molecule has 4 nitrogen and oxygen atoms in total. The summed E-state index contributed by atoms with van der Waals surface area (Å²) in [7, 11) is 0. The van der Waals surface area contributed by atoms with Crippen LogP contribution in [-0.2, 0) is 5.11 Å². The van der Waals surface area contributed by atoms with Crippen molar-refractivity contribution in [2.45, 2.75) is 18.9 Å². The van der Waals surface area contributed by atoms with E-state index in [-0.39, 0.29) is 12.8 Å². The van der Waals surface area contributed by atoms with E-state index < -0.39 is 46.8 Å². The van der Waals surface area contributed by atoms with Crippen LogP contribution in [0.1, 0.15) is 12.8 Å². The van der Waals surface area contributed by atoms with Gasteiger partial charge in [-0.15, -0.1) is 0 Å². The number of ether oxygens (including phenoxy) is 1. The van der Waals surface area contributed by atoms with Gasteiger partial charge in [0.2, 0.25) is 29.1 Å². The summed E-state index contributed by atoms with van der Waals surface area (Å²) in [6, 6.07) is 8.54. The maximum atomic E-state index is 13.8. The van der Waals surface area contributed by atoms with E-state index in [4.69, 9.17) is 4.74 Å². The standard InChI is InChI=1S/C20H14F5N2O2/c21-15-16(22)18(24)20(19(25)17(15)23)29-10-5-7-27(8-6-10)13-9-14(28)26-12-4-2-1-3-11(12)13/h1-4,9-10H,5-8H2. The van der Waals surface area contributed by atoms with Crippen molar-refractivity contribution in [1.29, 1.82) is 0 Å². The van der Waals surface area contributed by atoms with Gasteiger partial charge in [-0.1, -0.05) is 18.2 Å². The highest BCUT2D eigenvalue weighted by molar-refractivity contribution is 5.92. The second-order valence-electron chi connectivity index (χ2n) is 6.70. The summed E-state index contributed by atoms with van der Waals surface area (Å²) in [6.45, 7) is 0.737. The number of pyridine rings is 1. The van der Waals surface area contributed by atoms with E-state index in [0.717, 1.165) is 5.39 Å². The second-order valence-corrected chi connectivity index (χ2v) is 6.70. The quantitative estimate of drug-likeness (QED) is 0.343. The first-order valence-electron chi connectivity index (χ1n) is 8.86. The molecule has 0 saturated carbocycles. The van der Waals surface area contributed by atoms with Gasteiger partial charge in [0.05, 0.1) is 11.2 Å². The van der Waals surface area contributed by atoms with Crippen molar-refractivity contribution in [3.05, 3.63) is 59.4 Å². The Morgan fingerprint density at radius 3 is 2.14 bits per heavy atom. The molecule has 1 aliphatic heterocycles. The fourth-order valence-electron chi connectivity index (χ4n) is 3.46. The monoisotopic (exact) mass is 409 g/mol. The van der Waals surface area contributed by atoms with Gasteiger partial charge < -0.3 is 9.64 Å². The van der Waals surface area contributed by atoms with Crippen LogP contribution in [0.4, 0.5) is 27.6 Å². The smallest absolute Gasteiger partial charge is 0.272 e. The van der Waals surface area contributed by atoms with Gasteiger partial charge in [0, 0.05) is 37.4 Å². The van der Waals surface area contributed by atoms with Crippen LogP contribution in [0, 0.1) is 29.1 Å². The van der Waals surface area contributed by atoms with Crippen molar-refractivity contribution in [1.82, 2.24) is 4.98 Å². The third-order valence-electron chi connectivity index (χ3n) is 4.91. The molecule has 2 heterocycles. The van der Waals surface area contributed by atoms with Gasteiger partial charge in [0.15, 0.2) is 5.75 Å². The first-order chi connectivity index (χ1) is 13.9. The molecule has 1 fully saturated rings. The van der Waals surface area contributed by atoms with E-state index >= 15 is 0 Å². The number of fused-ring (bicyclic) bond motifs is 1. The topological polar surface area (TPSA) is 45.3 Å². The van der Waals surface area contributed by atoms with E-state index in [1.54, 1.807) is 12.1 Å². The molecule has 1 aromatic heterocycles. The molecule has 9 heteroatoms. The molecule has 0 atom stereocenters. The van der Waals surface area contributed by atoms with Gasteiger partial charge in [-0.05, 0) is 6.07 Å². The molecule has 2 aromatic carbocycles. The van der Waals surface area contributed by atoms with Crippen LogP contribution in [0.25, 0.3) is 10.9 Å². The number of aromatic nitrogens is 1. The molecular weight excluding hydrogens is 395 g/mol. The van der Waals surface area contributed by atoms with Crippen LogP contribution in [0.2, 0.25) is 0 Å². The SMILES string of the molecule is [O]c1cc(N2CCC(Oc3c(F)c(F)c(F)c(F)c3F)CC2)c2ccccc2n1. The summed E-state index contributed by atoms with van der Waals surface area (Å²) in [5.74, 6) is -11.9. The lowest BCUT2D eigenvalue weighted by Gasteiger charge is -2.34. The summed E-state index contributed by atoms with van der Waals surface area (Å²) in [5.41, 5.74) is 1.23. The Kier molecular flexibility index (Phi) is 4.89. The van der Waals surface area contributed by atoms with Gasteiger partial charge in [-0.3, -0.25) is 5.11 Å². The van der Waals surface area contributed by atoms with Crippen LogP contribution in [0.3, 0.4) is 0 Å². The van der Waals surface area contributed by atoms with Gasteiger partial charge in [-0.2, -0.15) is 8.78 Å². The lowest BCUT2D eigenvalue weighted by atomic mass is 10.1.